The summed E-state index contributed by atoms with van der Waals surface area (Å²) in [5, 5.41) is 13.0. The first kappa shape index (κ1) is 15.9. The van der Waals surface area contributed by atoms with E-state index in [2.05, 4.69) is 5.32 Å². The SMILES string of the molecule is CCNC(C)c1ccc(N(C)CC(C)(C)O)c(F)c1. The quantitative estimate of drug-likeness (QED) is 0.832. The van der Waals surface area contributed by atoms with Gasteiger partial charge in [-0.2, -0.15) is 0 Å². The van der Waals surface area contributed by atoms with Crippen LogP contribution in [0.5, 0.6) is 0 Å². The van der Waals surface area contributed by atoms with Gasteiger partial charge in [-0.3, -0.25) is 0 Å². The highest BCUT2D eigenvalue weighted by molar-refractivity contribution is 5.49. The normalized spacial score (nSPS) is 13.4. The van der Waals surface area contributed by atoms with Crippen molar-refractivity contribution in [3.8, 4) is 0 Å². The van der Waals surface area contributed by atoms with E-state index in [0.29, 0.717) is 12.2 Å². The number of rotatable bonds is 6. The van der Waals surface area contributed by atoms with Gasteiger partial charge in [0.2, 0.25) is 0 Å². The molecule has 2 N–H and O–H groups in total. The number of aliphatic hydroxyl groups is 1. The van der Waals surface area contributed by atoms with Crippen LogP contribution in [-0.2, 0) is 0 Å². The number of nitrogens with zero attached hydrogens (tertiary/aromatic N) is 1. The monoisotopic (exact) mass is 268 g/mol. The van der Waals surface area contributed by atoms with E-state index in [9.17, 15) is 9.50 Å². The van der Waals surface area contributed by atoms with Crippen LogP contribution in [0.15, 0.2) is 18.2 Å². The van der Waals surface area contributed by atoms with E-state index in [4.69, 9.17) is 0 Å². The van der Waals surface area contributed by atoms with Gasteiger partial charge in [0.05, 0.1) is 11.3 Å². The van der Waals surface area contributed by atoms with E-state index in [1.54, 1.807) is 37.9 Å². The van der Waals surface area contributed by atoms with Crippen LogP contribution in [0, 0.1) is 5.82 Å². The zero-order valence-electron chi connectivity index (χ0n) is 12.5. The Hall–Kier alpha value is -1.13. The predicted molar refractivity (Wildman–Crippen MR) is 78.1 cm³/mol. The molecule has 1 aromatic carbocycles. The molecular weight excluding hydrogens is 243 g/mol. The van der Waals surface area contributed by atoms with Gasteiger partial charge >= 0.3 is 0 Å². The summed E-state index contributed by atoms with van der Waals surface area (Å²) in [5.74, 6) is -0.256. The number of nitrogens with one attached hydrogen (secondary N) is 1. The molecule has 0 radical (unpaired) electrons. The zero-order chi connectivity index (χ0) is 14.6. The van der Waals surface area contributed by atoms with E-state index >= 15 is 0 Å². The molecule has 0 aromatic heterocycles. The van der Waals surface area contributed by atoms with Crippen molar-refractivity contribution in [1.82, 2.24) is 5.32 Å². The van der Waals surface area contributed by atoms with Gasteiger partial charge in [0.1, 0.15) is 5.82 Å². The Kier molecular flexibility index (Phi) is 5.32. The molecule has 0 aliphatic rings. The van der Waals surface area contributed by atoms with E-state index in [1.165, 1.54) is 0 Å². The molecule has 0 fully saturated rings. The van der Waals surface area contributed by atoms with Crippen molar-refractivity contribution in [1.29, 1.82) is 0 Å². The minimum Gasteiger partial charge on any atom is -0.389 e. The molecule has 0 heterocycles. The largest absolute Gasteiger partial charge is 0.389 e. The van der Waals surface area contributed by atoms with Gasteiger partial charge in [-0.25, -0.2) is 4.39 Å². The second-order valence-corrected chi connectivity index (χ2v) is 5.66. The highest BCUT2D eigenvalue weighted by Crippen LogP contribution is 2.23. The fourth-order valence-corrected chi connectivity index (χ4v) is 2.19. The lowest BCUT2D eigenvalue weighted by Crippen LogP contribution is -2.36. The molecule has 0 amide bonds. The zero-order valence-corrected chi connectivity index (χ0v) is 12.5. The molecule has 3 nitrogen and oxygen atoms in total. The average molecular weight is 268 g/mol. The second-order valence-electron chi connectivity index (χ2n) is 5.66. The molecule has 1 rings (SSSR count). The van der Waals surface area contributed by atoms with Crippen molar-refractivity contribution in [2.24, 2.45) is 0 Å². The molecule has 0 aliphatic carbocycles. The van der Waals surface area contributed by atoms with Gasteiger partial charge in [-0.1, -0.05) is 13.0 Å². The number of hydrogen-bond acceptors (Lipinski definition) is 3. The number of halogens is 1. The van der Waals surface area contributed by atoms with E-state index in [-0.39, 0.29) is 11.9 Å². The molecule has 0 saturated carbocycles. The molecule has 0 spiro atoms. The van der Waals surface area contributed by atoms with E-state index in [0.717, 1.165) is 12.1 Å². The van der Waals surface area contributed by atoms with E-state index in [1.807, 2.05) is 19.9 Å². The molecule has 0 aliphatic heterocycles. The maximum Gasteiger partial charge on any atom is 0.146 e. The molecule has 108 valence electrons. The standard InChI is InChI=1S/C15H25FN2O/c1-6-17-11(2)12-7-8-14(13(16)9-12)18(5)10-15(3,4)19/h7-9,11,17,19H,6,10H2,1-5H3. The summed E-state index contributed by atoms with van der Waals surface area (Å²) in [6, 6.07) is 5.38. The lowest BCUT2D eigenvalue weighted by Gasteiger charge is -2.28. The van der Waals surface area contributed by atoms with Gasteiger partial charge in [0, 0.05) is 19.6 Å². The van der Waals surface area contributed by atoms with Gasteiger partial charge in [-0.15, -0.1) is 0 Å². The molecule has 0 saturated heterocycles. The van der Waals surface area contributed by atoms with Gasteiger partial charge in [-0.05, 0) is 45.0 Å². The number of benzene rings is 1. The summed E-state index contributed by atoms with van der Waals surface area (Å²) in [5.41, 5.74) is 0.589. The Balaban J connectivity index is 2.88. The number of anilines is 1. The fraction of sp³-hybridized carbons (Fsp3) is 0.600. The highest BCUT2D eigenvalue weighted by atomic mass is 19.1. The van der Waals surface area contributed by atoms with Crippen molar-refractivity contribution in [2.45, 2.75) is 39.3 Å². The Morgan fingerprint density at radius 1 is 1.42 bits per heavy atom. The summed E-state index contributed by atoms with van der Waals surface area (Å²) in [4.78, 5) is 1.73. The van der Waals surface area contributed by atoms with Crippen LogP contribution in [0.25, 0.3) is 0 Å². The number of likely N-dealkylation sites (N-methyl/N-ethyl adjacent to an activating group) is 1. The third-order valence-electron chi connectivity index (χ3n) is 3.02. The highest BCUT2D eigenvalue weighted by Gasteiger charge is 2.18. The van der Waals surface area contributed by atoms with Crippen LogP contribution in [0.4, 0.5) is 10.1 Å². The molecule has 4 heteroatoms. The summed E-state index contributed by atoms with van der Waals surface area (Å²) in [6.07, 6.45) is 0. The lowest BCUT2D eigenvalue weighted by atomic mass is 10.1. The van der Waals surface area contributed by atoms with Crippen molar-refractivity contribution < 1.29 is 9.50 Å². The molecule has 1 unspecified atom stereocenters. The van der Waals surface area contributed by atoms with Crippen LogP contribution >= 0.6 is 0 Å². The number of hydrogen-bond donors (Lipinski definition) is 2. The van der Waals surface area contributed by atoms with Crippen LogP contribution in [-0.4, -0.2) is 30.8 Å². The van der Waals surface area contributed by atoms with Crippen LogP contribution in [0.3, 0.4) is 0 Å². The second kappa shape index (κ2) is 6.35. The molecule has 1 aromatic rings. The Morgan fingerprint density at radius 2 is 2.05 bits per heavy atom. The van der Waals surface area contributed by atoms with Gasteiger partial charge in [0.25, 0.3) is 0 Å². The Bertz CT molecular complexity index is 415. The first-order valence-corrected chi connectivity index (χ1v) is 6.71. The Labute approximate surface area is 115 Å². The topological polar surface area (TPSA) is 35.5 Å². The van der Waals surface area contributed by atoms with E-state index < -0.39 is 5.60 Å². The average Bonchev–Trinajstić information content (AvgIpc) is 2.26. The minimum absolute atomic E-state index is 0.133. The maximum absolute atomic E-state index is 14.1. The van der Waals surface area contributed by atoms with Crippen LogP contribution in [0.2, 0.25) is 0 Å². The molecule has 19 heavy (non-hydrogen) atoms. The first-order chi connectivity index (χ1) is 8.74. The van der Waals surface area contributed by atoms with Crippen LogP contribution in [0.1, 0.15) is 39.3 Å². The summed E-state index contributed by atoms with van der Waals surface area (Å²) in [6.45, 7) is 8.69. The van der Waals surface area contributed by atoms with Crippen molar-refractivity contribution in [3.63, 3.8) is 0 Å². The summed E-state index contributed by atoms with van der Waals surface area (Å²) >= 11 is 0. The fourth-order valence-electron chi connectivity index (χ4n) is 2.19. The lowest BCUT2D eigenvalue weighted by molar-refractivity contribution is 0.0885. The first-order valence-electron chi connectivity index (χ1n) is 6.71. The van der Waals surface area contributed by atoms with Gasteiger partial charge < -0.3 is 15.3 Å². The minimum atomic E-state index is -0.850. The molecule has 1 atom stereocenters. The van der Waals surface area contributed by atoms with Crippen molar-refractivity contribution in [3.05, 3.63) is 29.6 Å². The predicted octanol–water partition coefficient (Wildman–Crippen LogP) is 2.70. The molecule has 0 bridgehead atoms. The maximum atomic E-state index is 14.1. The summed E-state index contributed by atoms with van der Waals surface area (Å²) < 4.78 is 14.1. The van der Waals surface area contributed by atoms with Crippen molar-refractivity contribution >= 4 is 5.69 Å². The smallest absolute Gasteiger partial charge is 0.146 e. The summed E-state index contributed by atoms with van der Waals surface area (Å²) in [7, 11) is 1.78. The third-order valence-corrected chi connectivity index (χ3v) is 3.02. The third kappa shape index (κ3) is 4.80. The molecular formula is C15H25FN2O. The Morgan fingerprint density at radius 3 is 2.53 bits per heavy atom. The van der Waals surface area contributed by atoms with Crippen molar-refractivity contribution in [2.75, 3.05) is 25.0 Å². The van der Waals surface area contributed by atoms with Gasteiger partial charge in [0.15, 0.2) is 0 Å². The van der Waals surface area contributed by atoms with Crippen LogP contribution < -0.4 is 10.2 Å².